The van der Waals surface area contributed by atoms with Crippen molar-refractivity contribution < 1.29 is 0 Å². The molecule has 8 aromatic rings. The van der Waals surface area contributed by atoms with Crippen LogP contribution in [0.1, 0.15) is 5.56 Å². The highest BCUT2D eigenvalue weighted by Gasteiger charge is 2.16. The lowest BCUT2D eigenvalue weighted by molar-refractivity contribution is 1.11. The van der Waals surface area contributed by atoms with Crippen LogP contribution in [0, 0.1) is 11.3 Å². The first-order valence-electron chi connectivity index (χ1n) is 14.4. The lowest BCUT2D eigenvalue weighted by atomic mass is 9.96. The molecule has 7 aromatic carbocycles. The molecule has 0 fully saturated rings. The molecule has 0 N–H and O–H groups in total. The second-order valence-corrected chi connectivity index (χ2v) is 10.8. The van der Waals surface area contributed by atoms with E-state index in [9.17, 15) is 0 Å². The standard InChI is InChI=1S/C40H25N3/c41-26-27-13-15-28(16-14-27)31-19-17-29-18-20-32(25-35(29)24-31)33-21-22-36-34(23-33)9-6-12-38(36)43-39-11-5-4-10-37(39)42-40(43)30-7-2-1-3-8-30/h1-25H. The molecule has 3 nitrogen and oxygen atoms in total. The van der Waals surface area contributed by atoms with Gasteiger partial charge in [0.2, 0.25) is 0 Å². The number of rotatable bonds is 4. The summed E-state index contributed by atoms with van der Waals surface area (Å²) in [6.45, 7) is 0. The van der Waals surface area contributed by atoms with E-state index < -0.39 is 0 Å². The van der Waals surface area contributed by atoms with Crippen LogP contribution in [0.4, 0.5) is 0 Å². The Kier molecular flexibility index (Phi) is 5.84. The Morgan fingerprint density at radius 2 is 1.14 bits per heavy atom. The number of hydrogen-bond acceptors (Lipinski definition) is 2. The van der Waals surface area contributed by atoms with E-state index in [0.717, 1.165) is 39.2 Å². The molecule has 1 aromatic heterocycles. The minimum Gasteiger partial charge on any atom is -0.292 e. The van der Waals surface area contributed by atoms with Crippen molar-refractivity contribution in [2.45, 2.75) is 0 Å². The van der Waals surface area contributed by atoms with E-state index in [1.807, 2.05) is 36.4 Å². The summed E-state index contributed by atoms with van der Waals surface area (Å²) in [6.07, 6.45) is 0. The molecule has 0 atom stereocenters. The van der Waals surface area contributed by atoms with E-state index in [-0.39, 0.29) is 0 Å². The third-order valence-electron chi connectivity index (χ3n) is 8.21. The zero-order chi connectivity index (χ0) is 28.8. The van der Waals surface area contributed by atoms with E-state index in [4.69, 9.17) is 10.2 Å². The number of para-hydroxylation sites is 2. The summed E-state index contributed by atoms with van der Waals surface area (Å²) >= 11 is 0. The van der Waals surface area contributed by atoms with Crippen LogP contribution in [0.15, 0.2) is 152 Å². The van der Waals surface area contributed by atoms with Gasteiger partial charge in [-0.3, -0.25) is 4.57 Å². The highest BCUT2D eigenvalue weighted by atomic mass is 15.1. The molecule has 0 radical (unpaired) electrons. The maximum atomic E-state index is 9.16. The second kappa shape index (κ2) is 10.1. The second-order valence-electron chi connectivity index (χ2n) is 10.8. The SMILES string of the molecule is N#Cc1ccc(-c2ccc3ccc(-c4ccc5c(-n6c(-c7ccccc7)nc7ccccc76)cccc5c4)cc3c2)cc1. The van der Waals surface area contributed by atoms with Crippen molar-refractivity contribution >= 4 is 32.6 Å². The fourth-order valence-corrected chi connectivity index (χ4v) is 6.03. The molecule has 0 unspecified atom stereocenters. The molecule has 8 rings (SSSR count). The van der Waals surface area contributed by atoms with E-state index in [1.54, 1.807) is 0 Å². The Balaban J connectivity index is 1.24. The van der Waals surface area contributed by atoms with Gasteiger partial charge in [0.25, 0.3) is 0 Å². The van der Waals surface area contributed by atoms with E-state index in [0.29, 0.717) is 5.56 Å². The molecule has 0 aliphatic heterocycles. The summed E-state index contributed by atoms with van der Waals surface area (Å²) in [5.41, 5.74) is 9.53. The zero-order valence-corrected chi connectivity index (χ0v) is 23.3. The van der Waals surface area contributed by atoms with Crippen LogP contribution < -0.4 is 0 Å². The molecule has 0 saturated carbocycles. The first-order chi connectivity index (χ1) is 21.2. The lowest BCUT2D eigenvalue weighted by Crippen LogP contribution is -1.98. The topological polar surface area (TPSA) is 41.6 Å². The van der Waals surface area contributed by atoms with Crippen molar-refractivity contribution in [3.8, 4) is 45.4 Å². The number of nitrogens with zero attached hydrogens (tertiary/aromatic N) is 3. The third-order valence-corrected chi connectivity index (χ3v) is 8.21. The van der Waals surface area contributed by atoms with Gasteiger partial charge in [0.15, 0.2) is 0 Å². The monoisotopic (exact) mass is 547 g/mol. The average molecular weight is 548 g/mol. The molecule has 0 spiro atoms. The quantitative estimate of drug-likeness (QED) is 0.220. The summed E-state index contributed by atoms with van der Waals surface area (Å²) < 4.78 is 2.29. The summed E-state index contributed by atoms with van der Waals surface area (Å²) in [7, 11) is 0. The fourth-order valence-electron chi connectivity index (χ4n) is 6.03. The first-order valence-corrected chi connectivity index (χ1v) is 14.4. The summed E-state index contributed by atoms with van der Waals surface area (Å²) in [5, 5.41) is 13.9. The fraction of sp³-hybridized carbons (Fsp3) is 0. The van der Waals surface area contributed by atoms with Crippen molar-refractivity contribution in [3.05, 3.63) is 157 Å². The maximum absolute atomic E-state index is 9.16. The summed E-state index contributed by atoms with van der Waals surface area (Å²) in [6, 6.07) is 55.1. The molecular weight excluding hydrogens is 522 g/mol. The molecule has 3 heteroatoms. The Morgan fingerprint density at radius 3 is 1.91 bits per heavy atom. The number of hydrogen-bond donors (Lipinski definition) is 0. The molecule has 0 amide bonds. The zero-order valence-electron chi connectivity index (χ0n) is 23.3. The molecule has 0 aliphatic carbocycles. The van der Waals surface area contributed by atoms with Gasteiger partial charge in [-0.15, -0.1) is 0 Å². The lowest BCUT2D eigenvalue weighted by Gasteiger charge is -2.14. The average Bonchev–Trinajstić information content (AvgIpc) is 3.47. The smallest absolute Gasteiger partial charge is 0.145 e. The van der Waals surface area contributed by atoms with E-state index in [2.05, 4.69) is 126 Å². The number of nitriles is 1. The normalized spacial score (nSPS) is 11.2. The predicted molar refractivity (Wildman–Crippen MR) is 177 cm³/mol. The predicted octanol–water partition coefficient (Wildman–Crippen LogP) is 10.2. The Hall–Kier alpha value is -5.98. The van der Waals surface area contributed by atoms with Crippen molar-refractivity contribution in [1.29, 1.82) is 5.26 Å². The van der Waals surface area contributed by atoms with Crippen molar-refractivity contribution in [2.75, 3.05) is 0 Å². The minimum atomic E-state index is 0.670. The number of aromatic nitrogens is 2. The van der Waals surface area contributed by atoms with Gasteiger partial charge in [-0.25, -0.2) is 4.98 Å². The Labute approximate surface area is 249 Å². The van der Waals surface area contributed by atoms with Gasteiger partial charge >= 0.3 is 0 Å². The van der Waals surface area contributed by atoms with Gasteiger partial charge in [0.05, 0.1) is 28.4 Å². The van der Waals surface area contributed by atoms with Crippen LogP contribution in [-0.2, 0) is 0 Å². The van der Waals surface area contributed by atoms with Crippen molar-refractivity contribution in [3.63, 3.8) is 0 Å². The van der Waals surface area contributed by atoms with Crippen molar-refractivity contribution in [1.82, 2.24) is 9.55 Å². The van der Waals surface area contributed by atoms with Crippen LogP contribution >= 0.6 is 0 Å². The Morgan fingerprint density at radius 1 is 0.488 bits per heavy atom. The highest BCUT2D eigenvalue weighted by molar-refractivity contribution is 5.97. The molecule has 200 valence electrons. The Bertz CT molecular complexity index is 2340. The number of fused-ring (bicyclic) bond motifs is 3. The molecule has 0 bridgehead atoms. The maximum Gasteiger partial charge on any atom is 0.145 e. The molecule has 43 heavy (non-hydrogen) atoms. The summed E-state index contributed by atoms with van der Waals surface area (Å²) in [5.74, 6) is 0.936. The molecular formula is C40H25N3. The molecule has 0 aliphatic rings. The number of imidazole rings is 1. The van der Waals surface area contributed by atoms with Crippen molar-refractivity contribution in [2.24, 2.45) is 0 Å². The van der Waals surface area contributed by atoms with Crippen LogP contribution in [0.25, 0.3) is 71.9 Å². The van der Waals surface area contributed by atoms with Crippen LogP contribution in [0.3, 0.4) is 0 Å². The van der Waals surface area contributed by atoms with E-state index >= 15 is 0 Å². The van der Waals surface area contributed by atoms with Crippen LogP contribution in [0.2, 0.25) is 0 Å². The van der Waals surface area contributed by atoms with Gasteiger partial charge in [-0.2, -0.15) is 5.26 Å². The van der Waals surface area contributed by atoms with Gasteiger partial charge in [0.1, 0.15) is 5.82 Å². The van der Waals surface area contributed by atoms with Crippen LogP contribution in [0.5, 0.6) is 0 Å². The minimum absolute atomic E-state index is 0.670. The number of benzene rings is 7. The van der Waals surface area contributed by atoms with Gasteiger partial charge in [-0.1, -0.05) is 103 Å². The first kappa shape index (κ1) is 24.8. The van der Waals surface area contributed by atoms with Crippen LogP contribution in [-0.4, -0.2) is 9.55 Å². The largest absolute Gasteiger partial charge is 0.292 e. The van der Waals surface area contributed by atoms with Gasteiger partial charge < -0.3 is 0 Å². The van der Waals surface area contributed by atoms with Gasteiger partial charge in [-0.05, 0) is 86.9 Å². The van der Waals surface area contributed by atoms with Gasteiger partial charge in [0, 0.05) is 10.9 Å². The molecule has 0 saturated heterocycles. The summed E-state index contributed by atoms with van der Waals surface area (Å²) in [4.78, 5) is 5.05. The third kappa shape index (κ3) is 4.34. The van der Waals surface area contributed by atoms with E-state index in [1.165, 1.54) is 32.7 Å². The molecule has 1 heterocycles. The highest BCUT2D eigenvalue weighted by Crippen LogP contribution is 2.35.